The van der Waals surface area contributed by atoms with Crippen LogP contribution in [0.25, 0.3) is 6.08 Å². The second kappa shape index (κ2) is 6.73. The lowest BCUT2D eigenvalue weighted by atomic mass is 10.2. The van der Waals surface area contributed by atoms with Gasteiger partial charge in [0.05, 0.1) is 0 Å². The van der Waals surface area contributed by atoms with E-state index in [0.29, 0.717) is 5.02 Å². The van der Waals surface area contributed by atoms with Crippen molar-refractivity contribution in [2.75, 3.05) is 0 Å². The lowest BCUT2D eigenvalue weighted by molar-refractivity contribution is -0.129. The minimum Gasteiger partial charge on any atom is -0.476 e. The highest BCUT2D eigenvalue weighted by molar-refractivity contribution is 7.80. The molecule has 0 aliphatic carbocycles. The predicted octanol–water partition coefficient (Wildman–Crippen LogP) is 1.63. The van der Waals surface area contributed by atoms with Gasteiger partial charge in [0.15, 0.2) is 10.8 Å². The van der Waals surface area contributed by atoms with Crippen molar-refractivity contribution < 1.29 is 9.90 Å². The van der Waals surface area contributed by atoms with Gasteiger partial charge in [-0.25, -0.2) is 4.79 Å². The molecule has 0 amide bonds. The average Bonchev–Trinajstić information content (AvgIpc) is 2.30. The number of carbonyl (C=O) groups is 1. The minimum atomic E-state index is -1.19. The number of benzene rings is 1. The Hall–Kier alpha value is -1.92. The van der Waals surface area contributed by atoms with E-state index in [9.17, 15) is 4.79 Å². The van der Waals surface area contributed by atoms with Crippen molar-refractivity contribution >= 4 is 46.7 Å². The molecule has 0 fully saturated rings. The zero-order valence-corrected chi connectivity index (χ0v) is 10.7. The van der Waals surface area contributed by atoms with Crippen molar-refractivity contribution in [3.05, 3.63) is 40.9 Å². The van der Waals surface area contributed by atoms with E-state index < -0.39 is 5.97 Å². The number of carboxylic acids is 1. The molecule has 7 heteroatoms. The molecule has 0 saturated carbocycles. The fraction of sp³-hybridized carbons (Fsp3) is 0. The van der Waals surface area contributed by atoms with Crippen LogP contribution in [-0.2, 0) is 4.79 Å². The third kappa shape index (κ3) is 4.94. The van der Waals surface area contributed by atoms with E-state index in [0.717, 1.165) is 5.56 Å². The van der Waals surface area contributed by atoms with Gasteiger partial charge in [-0.3, -0.25) is 5.43 Å². The van der Waals surface area contributed by atoms with Gasteiger partial charge in [-0.05, 0) is 36.0 Å². The molecule has 1 rings (SSSR count). The molecule has 1 aromatic carbocycles. The lowest BCUT2D eigenvalue weighted by Gasteiger charge is -1.97. The summed E-state index contributed by atoms with van der Waals surface area (Å²) in [4.78, 5) is 10.9. The standard InChI is InChI=1S/C11H10ClN3O2S/c12-8-4-1-7(2-5-8)3-6-9(10(16)17)14-15-11(13)18/h1-6H,(H,16,17)(H3,13,15,18)/b6-3+,14-9-. The molecule has 0 radical (unpaired) electrons. The van der Waals surface area contributed by atoms with Gasteiger partial charge in [0.1, 0.15) is 0 Å². The summed E-state index contributed by atoms with van der Waals surface area (Å²) in [6, 6.07) is 6.90. The Morgan fingerprint density at radius 3 is 2.56 bits per heavy atom. The third-order valence-corrected chi connectivity index (χ3v) is 2.15. The van der Waals surface area contributed by atoms with E-state index in [1.54, 1.807) is 30.3 Å². The summed E-state index contributed by atoms with van der Waals surface area (Å²) in [5.74, 6) is -1.19. The number of aliphatic carboxylic acids is 1. The van der Waals surface area contributed by atoms with Gasteiger partial charge < -0.3 is 10.8 Å². The quantitative estimate of drug-likeness (QED) is 0.444. The first-order valence-electron chi connectivity index (χ1n) is 4.79. The summed E-state index contributed by atoms with van der Waals surface area (Å²) >= 11 is 10.2. The van der Waals surface area contributed by atoms with Gasteiger partial charge in [0.25, 0.3) is 0 Å². The van der Waals surface area contributed by atoms with Crippen LogP contribution in [0.5, 0.6) is 0 Å². The lowest BCUT2D eigenvalue weighted by Crippen LogP contribution is -2.26. The molecule has 0 aliphatic rings. The number of nitrogens with one attached hydrogen (secondary N) is 1. The number of hydrogen-bond donors (Lipinski definition) is 3. The maximum atomic E-state index is 10.9. The molecule has 0 heterocycles. The number of nitrogens with zero attached hydrogens (tertiary/aromatic N) is 1. The Labute approximate surface area is 114 Å². The number of hydrogen-bond acceptors (Lipinski definition) is 3. The normalized spacial score (nSPS) is 11.5. The molecule has 0 atom stereocenters. The van der Waals surface area contributed by atoms with Crippen LogP contribution in [0.1, 0.15) is 5.56 Å². The van der Waals surface area contributed by atoms with Gasteiger partial charge in [-0.1, -0.05) is 29.8 Å². The largest absolute Gasteiger partial charge is 0.476 e. The molecule has 0 unspecified atom stereocenters. The summed E-state index contributed by atoms with van der Waals surface area (Å²) < 4.78 is 0. The van der Waals surface area contributed by atoms with Crippen molar-refractivity contribution in [2.45, 2.75) is 0 Å². The molecule has 0 spiro atoms. The Balaban J connectivity index is 2.83. The van der Waals surface area contributed by atoms with Crippen LogP contribution in [0.15, 0.2) is 35.4 Å². The highest BCUT2D eigenvalue weighted by atomic mass is 35.5. The van der Waals surface area contributed by atoms with Crippen molar-refractivity contribution in [1.82, 2.24) is 5.43 Å². The molecule has 4 N–H and O–H groups in total. The molecular formula is C11H10ClN3O2S. The van der Waals surface area contributed by atoms with E-state index in [1.165, 1.54) is 6.08 Å². The monoisotopic (exact) mass is 283 g/mol. The van der Waals surface area contributed by atoms with Crippen molar-refractivity contribution in [2.24, 2.45) is 10.8 Å². The Morgan fingerprint density at radius 2 is 2.06 bits per heavy atom. The van der Waals surface area contributed by atoms with Crippen LogP contribution in [-0.4, -0.2) is 21.9 Å². The van der Waals surface area contributed by atoms with Crippen LogP contribution in [0.3, 0.4) is 0 Å². The molecule has 5 nitrogen and oxygen atoms in total. The molecule has 0 aromatic heterocycles. The highest BCUT2D eigenvalue weighted by Crippen LogP contribution is 2.10. The molecule has 94 valence electrons. The average molecular weight is 284 g/mol. The summed E-state index contributed by atoms with van der Waals surface area (Å²) in [5.41, 5.74) is 7.95. The highest BCUT2D eigenvalue weighted by Gasteiger charge is 2.04. The van der Waals surface area contributed by atoms with Gasteiger partial charge in [-0.2, -0.15) is 5.10 Å². The summed E-state index contributed by atoms with van der Waals surface area (Å²) in [6.45, 7) is 0. The number of halogens is 1. The SMILES string of the molecule is NC(=S)N/N=C(/C=C/c1ccc(Cl)cc1)C(=O)O. The number of hydrazone groups is 1. The zero-order chi connectivity index (χ0) is 13.5. The van der Waals surface area contributed by atoms with Crippen molar-refractivity contribution in [1.29, 1.82) is 0 Å². The first-order valence-corrected chi connectivity index (χ1v) is 5.57. The number of rotatable bonds is 4. The Morgan fingerprint density at radius 1 is 1.44 bits per heavy atom. The summed E-state index contributed by atoms with van der Waals surface area (Å²) in [5, 5.41) is 12.9. The van der Waals surface area contributed by atoms with E-state index in [4.69, 9.17) is 22.4 Å². The first kappa shape index (κ1) is 14.1. The Kier molecular flexibility index (Phi) is 5.29. The number of nitrogens with two attached hydrogens (primary N) is 1. The second-order valence-electron chi connectivity index (χ2n) is 3.16. The Bertz CT molecular complexity index is 512. The molecule has 1 aromatic rings. The number of carboxylic acid groups (broad SMARTS) is 1. The van der Waals surface area contributed by atoms with Crippen LogP contribution in [0.4, 0.5) is 0 Å². The van der Waals surface area contributed by atoms with Crippen LogP contribution in [0.2, 0.25) is 5.02 Å². The summed E-state index contributed by atoms with van der Waals surface area (Å²) in [7, 11) is 0. The van der Waals surface area contributed by atoms with Gasteiger partial charge >= 0.3 is 5.97 Å². The van der Waals surface area contributed by atoms with E-state index in [1.807, 2.05) is 0 Å². The second-order valence-corrected chi connectivity index (χ2v) is 4.04. The van der Waals surface area contributed by atoms with Crippen molar-refractivity contribution in [3.63, 3.8) is 0 Å². The fourth-order valence-corrected chi connectivity index (χ4v) is 1.19. The molecule has 0 aliphatic heterocycles. The molecule has 0 saturated heterocycles. The molecular weight excluding hydrogens is 274 g/mol. The van der Waals surface area contributed by atoms with Gasteiger partial charge in [0.2, 0.25) is 0 Å². The maximum absolute atomic E-state index is 10.9. The first-order chi connectivity index (χ1) is 8.49. The van der Waals surface area contributed by atoms with E-state index in [2.05, 4.69) is 22.7 Å². The number of thiocarbonyl (C=S) groups is 1. The third-order valence-electron chi connectivity index (χ3n) is 1.81. The van der Waals surface area contributed by atoms with Crippen molar-refractivity contribution in [3.8, 4) is 0 Å². The molecule has 0 bridgehead atoms. The van der Waals surface area contributed by atoms with Crippen LogP contribution < -0.4 is 11.2 Å². The van der Waals surface area contributed by atoms with E-state index in [-0.39, 0.29) is 10.8 Å². The predicted molar refractivity (Wildman–Crippen MR) is 75.5 cm³/mol. The topological polar surface area (TPSA) is 87.7 Å². The minimum absolute atomic E-state index is 0.103. The zero-order valence-electron chi connectivity index (χ0n) is 9.13. The van der Waals surface area contributed by atoms with Crippen LogP contribution >= 0.6 is 23.8 Å². The van der Waals surface area contributed by atoms with Gasteiger partial charge in [0, 0.05) is 5.02 Å². The summed E-state index contributed by atoms with van der Waals surface area (Å²) in [6.07, 6.45) is 2.92. The molecule has 18 heavy (non-hydrogen) atoms. The van der Waals surface area contributed by atoms with Crippen LogP contribution in [0, 0.1) is 0 Å². The smallest absolute Gasteiger partial charge is 0.356 e. The van der Waals surface area contributed by atoms with E-state index >= 15 is 0 Å². The maximum Gasteiger partial charge on any atom is 0.356 e. The fourth-order valence-electron chi connectivity index (χ4n) is 1.02. The van der Waals surface area contributed by atoms with Gasteiger partial charge in [-0.15, -0.1) is 0 Å².